The number of nitrogens with one attached hydrogen (secondary N) is 1. The normalized spacial score (nSPS) is 11.0. The fourth-order valence-corrected chi connectivity index (χ4v) is 1.63. The van der Waals surface area contributed by atoms with E-state index in [2.05, 4.69) is 20.8 Å². The first-order valence-corrected chi connectivity index (χ1v) is 5.96. The summed E-state index contributed by atoms with van der Waals surface area (Å²) in [6, 6.07) is 4.53. The van der Waals surface area contributed by atoms with Gasteiger partial charge in [-0.25, -0.2) is 4.39 Å². The van der Waals surface area contributed by atoms with Gasteiger partial charge < -0.3 is 10.1 Å². The van der Waals surface area contributed by atoms with Crippen LogP contribution in [0.15, 0.2) is 18.2 Å². The zero-order chi connectivity index (χ0) is 13.8. The molecule has 7 heteroatoms. The predicted octanol–water partition coefficient (Wildman–Crippen LogP) is 1.31. The molecule has 0 saturated heterocycles. The summed E-state index contributed by atoms with van der Waals surface area (Å²) in [5.41, 5.74) is 0.480. The third-order valence-electron chi connectivity index (χ3n) is 2.57. The molecule has 0 fully saturated rings. The van der Waals surface area contributed by atoms with Crippen molar-refractivity contribution < 1.29 is 9.13 Å². The lowest BCUT2D eigenvalue weighted by Gasteiger charge is -2.11. The zero-order valence-corrected chi connectivity index (χ0v) is 11.1. The van der Waals surface area contributed by atoms with Crippen LogP contribution in [0, 0.1) is 5.82 Å². The van der Waals surface area contributed by atoms with Crippen molar-refractivity contribution in [1.29, 1.82) is 0 Å². The molecule has 0 unspecified atom stereocenters. The molecule has 19 heavy (non-hydrogen) atoms. The van der Waals surface area contributed by atoms with Gasteiger partial charge in [-0.2, -0.15) is 4.68 Å². The molecule has 0 radical (unpaired) electrons. The number of halogens is 1. The Labute approximate surface area is 110 Å². The SMILES string of the molecule is COc1ccc(F)cc1-n1nnnc1CNC(C)C. The van der Waals surface area contributed by atoms with Crippen molar-refractivity contribution in [1.82, 2.24) is 25.5 Å². The zero-order valence-electron chi connectivity index (χ0n) is 11.1. The maximum Gasteiger partial charge on any atom is 0.170 e. The lowest BCUT2D eigenvalue weighted by Crippen LogP contribution is -2.24. The number of hydrogen-bond acceptors (Lipinski definition) is 5. The quantitative estimate of drug-likeness (QED) is 0.883. The van der Waals surface area contributed by atoms with Crippen molar-refractivity contribution >= 4 is 0 Å². The maximum absolute atomic E-state index is 13.4. The van der Waals surface area contributed by atoms with E-state index in [9.17, 15) is 4.39 Å². The van der Waals surface area contributed by atoms with Crippen LogP contribution in [-0.2, 0) is 6.54 Å². The van der Waals surface area contributed by atoms with Crippen molar-refractivity contribution in [2.45, 2.75) is 26.4 Å². The van der Waals surface area contributed by atoms with Crippen LogP contribution >= 0.6 is 0 Å². The van der Waals surface area contributed by atoms with Gasteiger partial charge in [0.1, 0.15) is 17.3 Å². The Bertz CT molecular complexity index is 555. The van der Waals surface area contributed by atoms with Gasteiger partial charge in [0, 0.05) is 12.1 Å². The molecule has 0 amide bonds. The summed E-state index contributed by atoms with van der Waals surface area (Å²) in [6.07, 6.45) is 0. The average molecular weight is 265 g/mol. The monoisotopic (exact) mass is 265 g/mol. The Kier molecular flexibility index (Phi) is 4.06. The van der Waals surface area contributed by atoms with E-state index < -0.39 is 0 Å². The van der Waals surface area contributed by atoms with Crippen LogP contribution in [0.1, 0.15) is 19.7 Å². The minimum Gasteiger partial charge on any atom is -0.494 e. The van der Waals surface area contributed by atoms with Gasteiger partial charge in [0.15, 0.2) is 5.82 Å². The fourth-order valence-electron chi connectivity index (χ4n) is 1.63. The molecule has 0 bridgehead atoms. The molecule has 0 aliphatic carbocycles. The van der Waals surface area contributed by atoms with Gasteiger partial charge in [0.25, 0.3) is 0 Å². The molecule has 6 nitrogen and oxygen atoms in total. The number of tetrazole rings is 1. The Morgan fingerprint density at radius 3 is 2.89 bits per heavy atom. The second-order valence-electron chi connectivity index (χ2n) is 4.36. The van der Waals surface area contributed by atoms with E-state index in [1.807, 2.05) is 13.8 Å². The van der Waals surface area contributed by atoms with Crippen LogP contribution in [0.2, 0.25) is 0 Å². The van der Waals surface area contributed by atoms with Crippen LogP contribution in [0.5, 0.6) is 5.75 Å². The molecule has 2 aromatic rings. The first-order valence-electron chi connectivity index (χ1n) is 5.96. The smallest absolute Gasteiger partial charge is 0.170 e. The molecular weight excluding hydrogens is 249 g/mol. The van der Waals surface area contributed by atoms with Gasteiger partial charge in [-0.3, -0.25) is 0 Å². The number of benzene rings is 1. The lowest BCUT2D eigenvalue weighted by atomic mass is 10.3. The number of methoxy groups -OCH3 is 1. The molecule has 0 aliphatic rings. The highest BCUT2D eigenvalue weighted by Gasteiger charge is 2.13. The molecule has 1 aromatic heterocycles. The Morgan fingerprint density at radius 2 is 2.21 bits per heavy atom. The van der Waals surface area contributed by atoms with Crippen molar-refractivity contribution in [3.63, 3.8) is 0 Å². The van der Waals surface area contributed by atoms with Gasteiger partial charge in [0.2, 0.25) is 0 Å². The minimum absolute atomic E-state index is 0.305. The molecule has 0 spiro atoms. The Hall–Kier alpha value is -2.02. The van der Waals surface area contributed by atoms with Gasteiger partial charge >= 0.3 is 0 Å². The third-order valence-corrected chi connectivity index (χ3v) is 2.57. The van der Waals surface area contributed by atoms with Crippen LogP contribution in [0.25, 0.3) is 5.69 Å². The van der Waals surface area contributed by atoms with Gasteiger partial charge in [-0.15, -0.1) is 5.10 Å². The first-order chi connectivity index (χ1) is 9.11. The fraction of sp³-hybridized carbons (Fsp3) is 0.417. The Balaban J connectivity index is 2.36. The van der Waals surface area contributed by atoms with E-state index in [0.717, 1.165) is 0 Å². The van der Waals surface area contributed by atoms with Gasteiger partial charge in [0.05, 0.1) is 13.7 Å². The highest BCUT2D eigenvalue weighted by molar-refractivity contribution is 5.46. The standard InChI is InChI=1S/C12H16FN5O/c1-8(2)14-7-12-15-16-17-18(12)10-6-9(13)4-5-11(10)19-3/h4-6,8,14H,7H2,1-3H3. The second kappa shape index (κ2) is 5.75. The summed E-state index contributed by atoms with van der Waals surface area (Å²) >= 11 is 0. The van der Waals surface area contributed by atoms with Crippen LogP contribution in [-0.4, -0.2) is 33.4 Å². The summed E-state index contributed by atoms with van der Waals surface area (Å²) in [5.74, 6) is 0.742. The number of nitrogens with zero attached hydrogens (tertiary/aromatic N) is 4. The van der Waals surface area contributed by atoms with E-state index in [1.54, 1.807) is 6.07 Å². The van der Waals surface area contributed by atoms with E-state index in [-0.39, 0.29) is 5.82 Å². The van der Waals surface area contributed by atoms with Gasteiger partial charge in [-0.05, 0) is 22.6 Å². The van der Waals surface area contributed by atoms with E-state index >= 15 is 0 Å². The first kappa shape index (κ1) is 13.4. The number of rotatable bonds is 5. The maximum atomic E-state index is 13.4. The third kappa shape index (κ3) is 3.05. The summed E-state index contributed by atoms with van der Waals surface area (Å²) in [5, 5.41) is 14.7. The molecule has 102 valence electrons. The average Bonchev–Trinajstić information content (AvgIpc) is 2.84. The highest BCUT2D eigenvalue weighted by atomic mass is 19.1. The minimum atomic E-state index is -0.367. The summed E-state index contributed by atoms with van der Waals surface area (Å²) < 4.78 is 20.0. The van der Waals surface area contributed by atoms with Crippen molar-refractivity contribution in [3.05, 3.63) is 29.8 Å². The van der Waals surface area contributed by atoms with Crippen LogP contribution < -0.4 is 10.1 Å². The highest BCUT2D eigenvalue weighted by Crippen LogP contribution is 2.23. The van der Waals surface area contributed by atoms with Crippen molar-refractivity contribution in [3.8, 4) is 11.4 Å². The topological polar surface area (TPSA) is 64.9 Å². The molecule has 1 aromatic carbocycles. The van der Waals surface area contributed by atoms with Crippen LogP contribution in [0.3, 0.4) is 0 Å². The number of aromatic nitrogens is 4. The lowest BCUT2D eigenvalue weighted by molar-refractivity contribution is 0.409. The molecule has 1 N–H and O–H groups in total. The molecule has 2 rings (SSSR count). The van der Waals surface area contributed by atoms with Gasteiger partial charge in [-0.1, -0.05) is 13.8 Å². The second-order valence-corrected chi connectivity index (χ2v) is 4.36. The van der Waals surface area contributed by atoms with E-state index in [4.69, 9.17) is 4.74 Å². The largest absolute Gasteiger partial charge is 0.494 e. The molecule has 0 aliphatic heterocycles. The molecular formula is C12H16FN5O. The number of hydrogen-bond donors (Lipinski definition) is 1. The molecule has 0 atom stereocenters. The Morgan fingerprint density at radius 1 is 1.42 bits per heavy atom. The molecule has 1 heterocycles. The van der Waals surface area contributed by atoms with Crippen molar-refractivity contribution in [2.75, 3.05) is 7.11 Å². The van der Waals surface area contributed by atoms with E-state index in [0.29, 0.717) is 29.8 Å². The van der Waals surface area contributed by atoms with E-state index in [1.165, 1.54) is 23.9 Å². The summed E-state index contributed by atoms with van der Waals surface area (Å²) in [6.45, 7) is 4.54. The van der Waals surface area contributed by atoms with Crippen molar-refractivity contribution in [2.24, 2.45) is 0 Å². The van der Waals surface area contributed by atoms with Crippen LogP contribution in [0.4, 0.5) is 4.39 Å². The number of ether oxygens (including phenoxy) is 1. The predicted molar refractivity (Wildman–Crippen MR) is 67.6 cm³/mol. The summed E-state index contributed by atoms with van der Waals surface area (Å²) in [4.78, 5) is 0. The molecule has 0 saturated carbocycles. The summed E-state index contributed by atoms with van der Waals surface area (Å²) in [7, 11) is 1.52.